The Kier molecular flexibility index (Phi) is 8.61. The molecule has 0 aliphatic heterocycles. The molecule has 0 saturated carbocycles. The average Bonchev–Trinajstić information content (AvgIpc) is 3.90. The van der Waals surface area contributed by atoms with E-state index in [9.17, 15) is 0 Å². The predicted molar refractivity (Wildman–Crippen MR) is 257 cm³/mol. The fraction of sp³-hybridized carbons (Fsp3) is 0. The summed E-state index contributed by atoms with van der Waals surface area (Å²) < 4.78 is 4.83. The fourth-order valence-electron chi connectivity index (χ4n) is 8.79. The first-order chi connectivity index (χ1) is 30.7. The van der Waals surface area contributed by atoms with E-state index in [2.05, 4.69) is 144 Å². The maximum absolute atomic E-state index is 5.30. The van der Waals surface area contributed by atoms with Crippen LogP contribution in [0.15, 0.2) is 212 Å². The molecule has 0 N–H and O–H groups in total. The van der Waals surface area contributed by atoms with Crippen LogP contribution in [0.5, 0.6) is 0 Å². The van der Waals surface area contributed by atoms with Crippen LogP contribution < -0.4 is 0 Å². The van der Waals surface area contributed by atoms with Crippen LogP contribution in [0.1, 0.15) is 0 Å². The van der Waals surface area contributed by atoms with Gasteiger partial charge in [0.25, 0.3) is 0 Å². The Morgan fingerprint density at radius 1 is 0.355 bits per heavy atom. The van der Waals surface area contributed by atoms with Gasteiger partial charge in [0, 0.05) is 70.6 Å². The number of para-hydroxylation sites is 2. The minimum Gasteiger partial charge on any atom is -0.309 e. The van der Waals surface area contributed by atoms with Crippen molar-refractivity contribution in [3.8, 4) is 73.4 Å². The first-order valence-electron chi connectivity index (χ1n) is 20.7. The molecule has 0 fully saturated rings. The van der Waals surface area contributed by atoms with Crippen molar-refractivity contribution in [3.05, 3.63) is 212 Å². The number of rotatable bonds is 7. The van der Waals surface area contributed by atoms with Crippen molar-refractivity contribution in [3.63, 3.8) is 0 Å². The lowest BCUT2D eigenvalue weighted by molar-refractivity contribution is 1.07. The second-order valence-corrected chi connectivity index (χ2v) is 16.5. The number of thiophene rings is 1. The first kappa shape index (κ1) is 35.8. The van der Waals surface area contributed by atoms with Gasteiger partial charge in [-0.25, -0.2) is 15.0 Å². The highest BCUT2D eigenvalue weighted by Gasteiger charge is 2.21. The van der Waals surface area contributed by atoms with Crippen molar-refractivity contribution < 1.29 is 0 Å². The van der Waals surface area contributed by atoms with Gasteiger partial charge >= 0.3 is 0 Å². The molecular weight excluding hydrogens is 775 g/mol. The van der Waals surface area contributed by atoms with Gasteiger partial charge in [0.05, 0.1) is 16.7 Å². The number of benzene rings is 8. The molecule has 6 heteroatoms. The molecule has 8 aromatic carbocycles. The summed E-state index contributed by atoms with van der Waals surface area (Å²) in [4.78, 5) is 20.7. The van der Waals surface area contributed by atoms with E-state index in [0.29, 0.717) is 17.5 Å². The molecule has 5 nitrogen and oxygen atoms in total. The zero-order valence-electron chi connectivity index (χ0n) is 33.4. The molecule has 0 atom stereocenters. The van der Waals surface area contributed by atoms with Gasteiger partial charge < -0.3 is 4.57 Å². The second kappa shape index (κ2) is 14.9. The zero-order chi connectivity index (χ0) is 41.0. The lowest BCUT2D eigenvalue weighted by atomic mass is 9.96. The number of hydrogen-bond acceptors (Lipinski definition) is 5. The Bertz CT molecular complexity index is 3560. The second-order valence-electron chi connectivity index (χ2n) is 15.4. The van der Waals surface area contributed by atoms with E-state index in [0.717, 1.165) is 55.9 Å². The maximum atomic E-state index is 5.30. The Morgan fingerprint density at radius 3 is 1.66 bits per heavy atom. The van der Waals surface area contributed by atoms with Crippen LogP contribution in [0, 0.1) is 0 Å². The summed E-state index contributed by atoms with van der Waals surface area (Å²) in [6.07, 6.45) is 1.98. The molecule has 0 saturated heterocycles. The molecule has 0 bridgehead atoms. The molecular formula is C56H35N5S. The van der Waals surface area contributed by atoms with Gasteiger partial charge in [-0.1, -0.05) is 158 Å². The minimum absolute atomic E-state index is 0.563. The number of hydrogen-bond donors (Lipinski definition) is 0. The largest absolute Gasteiger partial charge is 0.309 e. The third-order valence-corrected chi connectivity index (χ3v) is 12.8. The Morgan fingerprint density at radius 2 is 0.952 bits per heavy atom. The molecule has 0 amide bonds. The van der Waals surface area contributed by atoms with E-state index in [1.807, 2.05) is 84.3 Å². The summed E-state index contributed by atoms with van der Waals surface area (Å²) in [7, 11) is 0. The molecule has 0 spiro atoms. The topological polar surface area (TPSA) is 56.5 Å². The smallest absolute Gasteiger partial charge is 0.166 e. The van der Waals surface area contributed by atoms with Gasteiger partial charge in [-0.05, 0) is 65.2 Å². The highest BCUT2D eigenvalue weighted by molar-refractivity contribution is 7.26. The summed E-state index contributed by atoms with van der Waals surface area (Å²) in [6, 6.07) is 72.3. The normalized spacial score (nSPS) is 11.5. The number of pyridine rings is 1. The van der Waals surface area contributed by atoms with Crippen molar-refractivity contribution in [2.45, 2.75) is 0 Å². The Hall–Kier alpha value is -8.06. The van der Waals surface area contributed by atoms with Crippen molar-refractivity contribution in [2.24, 2.45) is 0 Å². The molecule has 0 unspecified atom stereocenters. The van der Waals surface area contributed by atoms with E-state index >= 15 is 0 Å². The van der Waals surface area contributed by atoms with Gasteiger partial charge in [0.15, 0.2) is 17.5 Å². The monoisotopic (exact) mass is 809 g/mol. The molecule has 0 aliphatic carbocycles. The lowest BCUT2D eigenvalue weighted by Crippen LogP contribution is -2.02. The molecule has 4 aromatic heterocycles. The van der Waals surface area contributed by atoms with Gasteiger partial charge in [-0.3, -0.25) is 4.98 Å². The van der Waals surface area contributed by atoms with Gasteiger partial charge in [-0.15, -0.1) is 11.3 Å². The number of aromatic nitrogens is 5. The van der Waals surface area contributed by atoms with Crippen molar-refractivity contribution in [2.75, 3.05) is 0 Å². The van der Waals surface area contributed by atoms with E-state index in [4.69, 9.17) is 19.9 Å². The lowest BCUT2D eigenvalue weighted by Gasteiger charge is -2.14. The van der Waals surface area contributed by atoms with Crippen LogP contribution in [-0.4, -0.2) is 24.5 Å². The van der Waals surface area contributed by atoms with Gasteiger partial charge in [0.2, 0.25) is 0 Å². The minimum atomic E-state index is 0.563. The maximum Gasteiger partial charge on any atom is 0.166 e. The number of nitrogens with zero attached hydrogens (tertiary/aromatic N) is 5. The summed E-state index contributed by atoms with van der Waals surface area (Å²) in [5, 5.41) is 5.02. The molecule has 12 rings (SSSR count). The Labute approximate surface area is 361 Å². The van der Waals surface area contributed by atoms with E-state index < -0.39 is 0 Å². The molecule has 12 aromatic rings. The van der Waals surface area contributed by atoms with Gasteiger partial charge in [0.1, 0.15) is 0 Å². The molecule has 0 aliphatic rings. The molecule has 4 heterocycles. The summed E-state index contributed by atoms with van der Waals surface area (Å²) in [5.74, 6) is 1.78. The molecule has 290 valence electrons. The van der Waals surface area contributed by atoms with Crippen molar-refractivity contribution in [1.82, 2.24) is 24.5 Å². The predicted octanol–water partition coefficient (Wildman–Crippen LogP) is 14.7. The summed E-state index contributed by atoms with van der Waals surface area (Å²) in [6.45, 7) is 0. The van der Waals surface area contributed by atoms with E-state index in [1.54, 1.807) is 0 Å². The molecule has 0 radical (unpaired) electrons. The Balaban J connectivity index is 1.08. The average molecular weight is 810 g/mol. The fourth-order valence-corrected chi connectivity index (χ4v) is 9.94. The third kappa shape index (κ3) is 6.16. The zero-order valence-corrected chi connectivity index (χ0v) is 34.2. The first-order valence-corrected chi connectivity index (χ1v) is 21.5. The van der Waals surface area contributed by atoms with E-state index in [1.165, 1.54) is 42.0 Å². The standard InChI is InChI=1S/C56H35N5S/c1-5-16-36(17-6-1)39-22-15-23-40(32-39)42-33-46(56-59-54(37-18-7-2-8-19-37)58-55(60-56)38-20-9-3-10-21-38)53(57-35-42)41-28-29-45-50(34-41)62-49-31-30-48-51(52(45)49)44-26-13-14-27-47(44)61(48)43-24-11-4-12-25-43/h1-35H. The van der Waals surface area contributed by atoms with Crippen LogP contribution in [0.4, 0.5) is 0 Å². The van der Waals surface area contributed by atoms with E-state index in [-0.39, 0.29) is 0 Å². The van der Waals surface area contributed by atoms with Crippen LogP contribution in [0.3, 0.4) is 0 Å². The summed E-state index contributed by atoms with van der Waals surface area (Å²) in [5.41, 5.74) is 12.4. The highest BCUT2D eigenvalue weighted by atomic mass is 32.1. The van der Waals surface area contributed by atoms with Gasteiger partial charge in [-0.2, -0.15) is 0 Å². The third-order valence-electron chi connectivity index (χ3n) is 11.7. The van der Waals surface area contributed by atoms with Crippen LogP contribution in [0.25, 0.3) is 115 Å². The van der Waals surface area contributed by atoms with Crippen LogP contribution in [-0.2, 0) is 0 Å². The van der Waals surface area contributed by atoms with Crippen LogP contribution in [0.2, 0.25) is 0 Å². The number of fused-ring (bicyclic) bond motifs is 7. The summed E-state index contributed by atoms with van der Waals surface area (Å²) >= 11 is 1.82. The SMILES string of the molecule is c1ccc(-c2cccc(-c3cnc(-c4ccc5c(c4)sc4ccc6c(c7ccccc7n6-c6ccccc6)c45)c(-c4nc(-c5ccccc5)nc(-c5ccccc5)n4)c3)c2)cc1. The quantitative estimate of drug-likeness (QED) is 0.161. The highest BCUT2D eigenvalue weighted by Crippen LogP contribution is 2.45. The van der Waals surface area contributed by atoms with Crippen molar-refractivity contribution >= 4 is 53.3 Å². The molecule has 62 heavy (non-hydrogen) atoms. The van der Waals surface area contributed by atoms with Crippen LogP contribution >= 0.6 is 11.3 Å². The van der Waals surface area contributed by atoms with Crippen molar-refractivity contribution in [1.29, 1.82) is 0 Å².